The number of carbonyl (C=O) groups is 1. The van der Waals surface area contributed by atoms with Crippen LogP contribution >= 0.6 is 0 Å². The Morgan fingerprint density at radius 1 is 1.17 bits per heavy atom. The van der Waals surface area contributed by atoms with E-state index >= 15 is 0 Å². The molecule has 2 fully saturated rings. The van der Waals surface area contributed by atoms with Crippen LogP contribution in [0.5, 0.6) is 0 Å². The van der Waals surface area contributed by atoms with Gasteiger partial charge < -0.3 is 10.2 Å². The molecule has 1 aromatic carbocycles. The summed E-state index contributed by atoms with van der Waals surface area (Å²) in [6, 6.07) is 7.83. The molecule has 0 unspecified atom stereocenters. The summed E-state index contributed by atoms with van der Waals surface area (Å²) in [5.74, 6) is 0.400. The molecule has 0 radical (unpaired) electrons. The van der Waals surface area contributed by atoms with Gasteiger partial charge in [0.1, 0.15) is 0 Å². The van der Waals surface area contributed by atoms with Crippen LogP contribution in [0.3, 0.4) is 0 Å². The van der Waals surface area contributed by atoms with Gasteiger partial charge in [0, 0.05) is 38.3 Å². The maximum atomic E-state index is 13.0. The highest BCUT2D eigenvalue weighted by Crippen LogP contribution is 2.26. The maximum Gasteiger partial charge on any atom is 0.254 e. The molecular weight excluding hydrogens is 326 g/mol. The van der Waals surface area contributed by atoms with Gasteiger partial charge in [-0.2, -0.15) is 0 Å². The quantitative estimate of drug-likeness (QED) is 0.877. The first-order valence-electron chi connectivity index (χ1n) is 8.51. The summed E-state index contributed by atoms with van der Waals surface area (Å²) < 4.78 is 24.9. The molecule has 0 spiro atoms. The summed E-state index contributed by atoms with van der Waals surface area (Å²) in [5.41, 5.74) is 1.87. The van der Waals surface area contributed by atoms with E-state index in [1.54, 1.807) is 4.90 Å². The SMILES string of the molecule is CS(=O)(=O)N1CCCN(C(=O)c2ccccc2[C@H]2CCNC2)CC1. The Kier molecular flexibility index (Phi) is 5.22. The zero-order valence-electron chi connectivity index (χ0n) is 14.1. The molecule has 3 rings (SSSR count). The van der Waals surface area contributed by atoms with Crippen LogP contribution in [0.15, 0.2) is 24.3 Å². The largest absolute Gasteiger partial charge is 0.337 e. The minimum absolute atomic E-state index is 0.0212. The average Bonchev–Trinajstić information content (AvgIpc) is 2.96. The van der Waals surface area contributed by atoms with Crippen molar-refractivity contribution >= 4 is 15.9 Å². The third-order valence-corrected chi connectivity index (χ3v) is 6.21. The van der Waals surface area contributed by atoms with Gasteiger partial charge in [0.15, 0.2) is 0 Å². The highest BCUT2D eigenvalue weighted by Gasteiger charge is 2.27. The Morgan fingerprint density at radius 3 is 2.67 bits per heavy atom. The summed E-state index contributed by atoms with van der Waals surface area (Å²) >= 11 is 0. The summed E-state index contributed by atoms with van der Waals surface area (Å²) in [5, 5.41) is 3.35. The number of carbonyl (C=O) groups excluding carboxylic acids is 1. The second-order valence-corrected chi connectivity index (χ2v) is 8.57. The first kappa shape index (κ1) is 17.4. The van der Waals surface area contributed by atoms with Gasteiger partial charge in [0.05, 0.1) is 6.26 Å². The third-order valence-electron chi connectivity index (χ3n) is 4.90. The fourth-order valence-electron chi connectivity index (χ4n) is 3.57. The van der Waals surface area contributed by atoms with Crippen LogP contribution in [-0.4, -0.2) is 69.1 Å². The van der Waals surface area contributed by atoms with Crippen LogP contribution in [-0.2, 0) is 10.0 Å². The van der Waals surface area contributed by atoms with Crippen molar-refractivity contribution in [3.8, 4) is 0 Å². The van der Waals surface area contributed by atoms with Crippen molar-refractivity contribution in [2.45, 2.75) is 18.8 Å². The van der Waals surface area contributed by atoms with Crippen LogP contribution in [0.4, 0.5) is 0 Å². The molecule has 2 aliphatic heterocycles. The molecule has 6 nitrogen and oxygen atoms in total. The summed E-state index contributed by atoms with van der Waals surface area (Å²) in [6.07, 6.45) is 2.95. The Morgan fingerprint density at radius 2 is 1.96 bits per heavy atom. The molecule has 2 saturated heterocycles. The van der Waals surface area contributed by atoms with E-state index in [4.69, 9.17) is 0 Å². The minimum atomic E-state index is -3.20. The number of rotatable bonds is 3. The molecular formula is C17H25N3O3S. The first-order chi connectivity index (χ1) is 11.5. The van der Waals surface area contributed by atoms with E-state index in [0.717, 1.165) is 30.6 Å². The van der Waals surface area contributed by atoms with E-state index in [2.05, 4.69) is 5.32 Å². The summed E-state index contributed by atoms with van der Waals surface area (Å²) in [4.78, 5) is 14.8. The number of benzene rings is 1. The smallest absolute Gasteiger partial charge is 0.254 e. The lowest BCUT2D eigenvalue weighted by molar-refractivity contribution is 0.0762. The lowest BCUT2D eigenvalue weighted by Crippen LogP contribution is -2.37. The normalized spacial score (nSPS) is 23.2. The number of hydrogen-bond donors (Lipinski definition) is 1. The van der Waals surface area contributed by atoms with Gasteiger partial charge in [-0.25, -0.2) is 12.7 Å². The van der Waals surface area contributed by atoms with Crippen molar-refractivity contribution < 1.29 is 13.2 Å². The van der Waals surface area contributed by atoms with Crippen LogP contribution in [0, 0.1) is 0 Å². The van der Waals surface area contributed by atoms with Crippen LogP contribution in [0.2, 0.25) is 0 Å². The van der Waals surface area contributed by atoms with Crippen molar-refractivity contribution in [3.05, 3.63) is 35.4 Å². The lowest BCUT2D eigenvalue weighted by atomic mass is 9.93. The number of sulfonamides is 1. The minimum Gasteiger partial charge on any atom is -0.337 e. The Balaban J connectivity index is 1.77. The van der Waals surface area contributed by atoms with Gasteiger partial charge in [-0.15, -0.1) is 0 Å². The monoisotopic (exact) mass is 351 g/mol. The molecule has 2 aliphatic rings. The third kappa shape index (κ3) is 3.79. The van der Waals surface area contributed by atoms with Gasteiger partial charge >= 0.3 is 0 Å². The zero-order valence-corrected chi connectivity index (χ0v) is 14.9. The van der Waals surface area contributed by atoms with Crippen molar-refractivity contribution in [1.29, 1.82) is 0 Å². The summed E-state index contributed by atoms with van der Waals surface area (Å²) in [6.45, 7) is 3.80. The van der Waals surface area contributed by atoms with Gasteiger partial charge in [-0.3, -0.25) is 4.79 Å². The van der Waals surface area contributed by atoms with Crippen LogP contribution in [0.1, 0.15) is 34.7 Å². The number of nitrogens with one attached hydrogen (secondary N) is 1. The molecule has 1 amide bonds. The van der Waals surface area contributed by atoms with Crippen molar-refractivity contribution in [3.63, 3.8) is 0 Å². The Hall–Kier alpha value is -1.44. The van der Waals surface area contributed by atoms with Crippen LogP contribution < -0.4 is 5.32 Å². The number of amides is 1. The summed E-state index contributed by atoms with van der Waals surface area (Å²) in [7, 11) is -3.20. The molecule has 7 heteroatoms. The average molecular weight is 351 g/mol. The predicted molar refractivity (Wildman–Crippen MR) is 93.6 cm³/mol. The molecule has 0 bridgehead atoms. The molecule has 0 aromatic heterocycles. The van der Waals surface area contributed by atoms with E-state index < -0.39 is 10.0 Å². The molecule has 132 valence electrons. The van der Waals surface area contributed by atoms with E-state index in [0.29, 0.717) is 38.5 Å². The molecule has 2 heterocycles. The highest BCUT2D eigenvalue weighted by molar-refractivity contribution is 7.88. The molecule has 0 aliphatic carbocycles. The molecule has 1 N–H and O–H groups in total. The molecule has 1 atom stereocenters. The maximum absolute atomic E-state index is 13.0. The van der Waals surface area contributed by atoms with Gasteiger partial charge in [-0.05, 0) is 36.9 Å². The standard InChI is InChI=1S/C17H25N3O3S/c1-24(22,23)20-10-4-9-19(11-12-20)17(21)16-6-3-2-5-15(16)14-7-8-18-13-14/h2-3,5-6,14,18H,4,7-13H2,1H3/t14-/m0/s1. The zero-order chi connectivity index (χ0) is 17.2. The Bertz CT molecular complexity index is 699. The molecule has 0 saturated carbocycles. The van der Waals surface area contributed by atoms with Crippen molar-refractivity contribution in [2.75, 3.05) is 45.5 Å². The molecule has 24 heavy (non-hydrogen) atoms. The fraction of sp³-hybridized carbons (Fsp3) is 0.588. The fourth-order valence-corrected chi connectivity index (χ4v) is 4.44. The number of nitrogens with zero attached hydrogens (tertiary/aromatic N) is 2. The van der Waals surface area contributed by atoms with E-state index in [-0.39, 0.29) is 5.91 Å². The predicted octanol–water partition coefficient (Wildman–Crippen LogP) is 0.871. The van der Waals surface area contributed by atoms with Gasteiger partial charge in [0.25, 0.3) is 5.91 Å². The van der Waals surface area contributed by atoms with E-state index in [1.807, 2.05) is 24.3 Å². The van der Waals surface area contributed by atoms with Crippen molar-refractivity contribution in [2.24, 2.45) is 0 Å². The van der Waals surface area contributed by atoms with E-state index in [9.17, 15) is 13.2 Å². The van der Waals surface area contributed by atoms with E-state index in [1.165, 1.54) is 10.6 Å². The highest BCUT2D eigenvalue weighted by atomic mass is 32.2. The van der Waals surface area contributed by atoms with Gasteiger partial charge in [-0.1, -0.05) is 18.2 Å². The lowest BCUT2D eigenvalue weighted by Gasteiger charge is -2.23. The van der Waals surface area contributed by atoms with Crippen molar-refractivity contribution in [1.82, 2.24) is 14.5 Å². The topological polar surface area (TPSA) is 69.7 Å². The Labute approximate surface area is 143 Å². The number of hydrogen-bond acceptors (Lipinski definition) is 4. The second kappa shape index (κ2) is 7.21. The molecule has 1 aromatic rings. The first-order valence-corrected chi connectivity index (χ1v) is 10.4. The van der Waals surface area contributed by atoms with Crippen LogP contribution in [0.25, 0.3) is 0 Å². The second-order valence-electron chi connectivity index (χ2n) is 6.58. The van der Waals surface area contributed by atoms with Gasteiger partial charge in [0.2, 0.25) is 10.0 Å².